The van der Waals surface area contributed by atoms with Crippen LogP contribution in [0.5, 0.6) is 11.5 Å². The molecule has 1 aromatic heterocycles. The van der Waals surface area contributed by atoms with Crippen molar-refractivity contribution in [2.24, 2.45) is 0 Å². The summed E-state index contributed by atoms with van der Waals surface area (Å²) in [5, 5.41) is 23.2. The number of phenolic OH excluding ortho intramolecular Hbond substituents is 2. The van der Waals surface area contributed by atoms with Gasteiger partial charge in [0.2, 0.25) is 0 Å². The molecule has 4 nitrogen and oxygen atoms in total. The summed E-state index contributed by atoms with van der Waals surface area (Å²) in [5.74, 6) is -0.140. The smallest absolute Gasteiger partial charge is 0.161 e. The van der Waals surface area contributed by atoms with Gasteiger partial charge >= 0.3 is 0 Å². The van der Waals surface area contributed by atoms with Gasteiger partial charge in [-0.2, -0.15) is 0 Å². The van der Waals surface area contributed by atoms with Crippen molar-refractivity contribution < 1.29 is 10.2 Å². The van der Waals surface area contributed by atoms with E-state index in [1.54, 1.807) is 23.5 Å². The molecule has 2 aromatic rings. The molecule has 0 spiro atoms. The van der Waals surface area contributed by atoms with Gasteiger partial charge in [-0.1, -0.05) is 12.1 Å². The number of hydrogen-bond donors (Lipinski definition) is 3. The number of nitrogens with zero attached hydrogens (tertiary/aromatic N) is 1. The first-order valence-electron chi connectivity index (χ1n) is 5.28. The Balaban J connectivity index is 1.92. The fraction of sp³-hybridized carbons (Fsp3) is 0.250. The molecule has 0 saturated heterocycles. The molecule has 0 atom stereocenters. The Morgan fingerprint density at radius 2 is 2.12 bits per heavy atom. The van der Waals surface area contributed by atoms with Crippen LogP contribution in [0, 0.1) is 6.92 Å². The Morgan fingerprint density at radius 3 is 2.82 bits per heavy atom. The molecule has 1 heterocycles. The van der Waals surface area contributed by atoms with E-state index >= 15 is 0 Å². The predicted molar refractivity (Wildman–Crippen MR) is 67.2 cm³/mol. The van der Waals surface area contributed by atoms with Gasteiger partial charge < -0.3 is 15.5 Å². The van der Waals surface area contributed by atoms with Crippen LogP contribution in [-0.4, -0.2) is 15.2 Å². The van der Waals surface area contributed by atoms with Crippen LogP contribution in [0.4, 0.5) is 0 Å². The van der Waals surface area contributed by atoms with E-state index in [1.807, 2.05) is 13.1 Å². The molecule has 0 aliphatic carbocycles. The molecule has 1 aromatic carbocycles. The first kappa shape index (κ1) is 11.9. The fourth-order valence-corrected chi connectivity index (χ4v) is 2.29. The van der Waals surface area contributed by atoms with Crippen molar-refractivity contribution in [3.63, 3.8) is 0 Å². The largest absolute Gasteiger partial charge is 0.504 e. The van der Waals surface area contributed by atoms with Crippen LogP contribution in [0.1, 0.15) is 15.4 Å². The predicted octanol–water partition coefficient (Wildman–Crippen LogP) is 2.15. The lowest BCUT2D eigenvalue weighted by molar-refractivity contribution is 0.398. The summed E-state index contributed by atoms with van der Waals surface area (Å²) in [5.41, 5.74) is 0.686. The normalized spacial score (nSPS) is 10.6. The monoisotopic (exact) mass is 250 g/mol. The Kier molecular flexibility index (Phi) is 3.61. The van der Waals surface area contributed by atoms with E-state index in [1.165, 1.54) is 6.07 Å². The molecule has 0 saturated carbocycles. The minimum atomic E-state index is -0.0852. The number of benzene rings is 1. The van der Waals surface area contributed by atoms with Crippen molar-refractivity contribution in [3.05, 3.63) is 39.8 Å². The molecule has 17 heavy (non-hydrogen) atoms. The lowest BCUT2D eigenvalue weighted by Gasteiger charge is -2.06. The summed E-state index contributed by atoms with van der Waals surface area (Å²) >= 11 is 1.64. The van der Waals surface area contributed by atoms with Gasteiger partial charge in [-0.3, -0.25) is 0 Å². The standard InChI is InChI=1S/C12H14N2O2S/c1-8-14-7-10(17-8)6-13-5-9-3-2-4-11(15)12(9)16/h2-4,7,13,15-16H,5-6H2,1H3. The molecule has 0 bridgehead atoms. The molecular formula is C12H14N2O2S. The van der Waals surface area contributed by atoms with Gasteiger partial charge in [0.15, 0.2) is 11.5 Å². The number of aromatic nitrogens is 1. The number of aromatic hydroxyl groups is 2. The number of nitrogens with one attached hydrogen (secondary N) is 1. The first-order chi connectivity index (χ1) is 8.16. The second-order valence-corrected chi connectivity index (χ2v) is 5.05. The van der Waals surface area contributed by atoms with Crippen molar-refractivity contribution in [3.8, 4) is 11.5 Å². The van der Waals surface area contributed by atoms with E-state index in [0.717, 1.165) is 9.88 Å². The van der Waals surface area contributed by atoms with E-state index in [4.69, 9.17) is 0 Å². The number of hydrogen-bond acceptors (Lipinski definition) is 5. The SMILES string of the molecule is Cc1ncc(CNCc2cccc(O)c2O)s1. The quantitative estimate of drug-likeness (QED) is 0.727. The van der Waals surface area contributed by atoms with Gasteiger partial charge in [0.05, 0.1) is 5.01 Å². The van der Waals surface area contributed by atoms with Crippen LogP contribution in [-0.2, 0) is 13.1 Å². The summed E-state index contributed by atoms with van der Waals surface area (Å²) < 4.78 is 0. The average Bonchev–Trinajstić information content (AvgIpc) is 2.70. The Morgan fingerprint density at radius 1 is 1.29 bits per heavy atom. The zero-order valence-electron chi connectivity index (χ0n) is 9.47. The highest BCUT2D eigenvalue weighted by Gasteiger charge is 2.05. The molecule has 0 radical (unpaired) electrons. The molecule has 0 amide bonds. The molecule has 0 aliphatic rings. The van der Waals surface area contributed by atoms with Crippen LogP contribution in [0.2, 0.25) is 0 Å². The number of rotatable bonds is 4. The van der Waals surface area contributed by atoms with Crippen LogP contribution in [0.15, 0.2) is 24.4 Å². The highest BCUT2D eigenvalue weighted by Crippen LogP contribution is 2.27. The van der Waals surface area contributed by atoms with Gasteiger partial charge in [-0.25, -0.2) is 4.98 Å². The van der Waals surface area contributed by atoms with Crippen molar-refractivity contribution in [1.82, 2.24) is 10.3 Å². The summed E-state index contributed by atoms with van der Waals surface area (Å²) in [7, 11) is 0. The molecule has 5 heteroatoms. The molecule has 3 N–H and O–H groups in total. The van der Waals surface area contributed by atoms with E-state index in [-0.39, 0.29) is 11.5 Å². The molecule has 90 valence electrons. The molecule has 0 fully saturated rings. The minimum absolute atomic E-state index is 0.0551. The summed E-state index contributed by atoms with van der Waals surface area (Å²) in [6.45, 7) is 3.19. The zero-order chi connectivity index (χ0) is 12.3. The molecule has 0 aliphatic heterocycles. The Labute approximate surface area is 104 Å². The van der Waals surface area contributed by atoms with E-state index in [9.17, 15) is 10.2 Å². The van der Waals surface area contributed by atoms with Crippen molar-refractivity contribution >= 4 is 11.3 Å². The molecule has 2 rings (SSSR count). The average molecular weight is 250 g/mol. The van der Waals surface area contributed by atoms with Crippen molar-refractivity contribution in [2.45, 2.75) is 20.0 Å². The van der Waals surface area contributed by atoms with Crippen LogP contribution in [0.25, 0.3) is 0 Å². The number of thiazole rings is 1. The maximum atomic E-state index is 9.60. The number of phenols is 2. The number of para-hydroxylation sites is 1. The lowest BCUT2D eigenvalue weighted by Crippen LogP contribution is -2.11. The minimum Gasteiger partial charge on any atom is -0.504 e. The van der Waals surface area contributed by atoms with Crippen LogP contribution >= 0.6 is 11.3 Å². The third-order valence-electron chi connectivity index (χ3n) is 2.38. The third-order valence-corrected chi connectivity index (χ3v) is 3.29. The molecular weight excluding hydrogens is 236 g/mol. The van der Waals surface area contributed by atoms with Gasteiger partial charge in [0.25, 0.3) is 0 Å². The second kappa shape index (κ2) is 5.16. The van der Waals surface area contributed by atoms with Gasteiger partial charge in [0.1, 0.15) is 0 Å². The second-order valence-electron chi connectivity index (χ2n) is 3.73. The van der Waals surface area contributed by atoms with Crippen molar-refractivity contribution in [1.29, 1.82) is 0 Å². The summed E-state index contributed by atoms with van der Waals surface area (Å²) in [6, 6.07) is 4.95. The number of aryl methyl sites for hydroxylation is 1. The Hall–Kier alpha value is -1.59. The summed E-state index contributed by atoms with van der Waals surface area (Å²) in [6.07, 6.45) is 1.84. The highest BCUT2D eigenvalue weighted by molar-refractivity contribution is 7.11. The first-order valence-corrected chi connectivity index (χ1v) is 6.10. The van der Waals surface area contributed by atoms with Gasteiger partial charge in [0, 0.05) is 29.7 Å². The van der Waals surface area contributed by atoms with Crippen LogP contribution in [0.3, 0.4) is 0 Å². The summed E-state index contributed by atoms with van der Waals surface area (Å²) in [4.78, 5) is 5.32. The van der Waals surface area contributed by atoms with E-state index < -0.39 is 0 Å². The lowest BCUT2D eigenvalue weighted by atomic mass is 10.2. The topological polar surface area (TPSA) is 65.4 Å². The van der Waals surface area contributed by atoms with E-state index in [2.05, 4.69) is 10.3 Å². The highest BCUT2D eigenvalue weighted by atomic mass is 32.1. The van der Waals surface area contributed by atoms with Gasteiger partial charge in [-0.15, -0.1) is 11.3 Å². The fourth-order valence-electron chi connectivity index (χ4n) is 1.53. The van der Waals surface area contributed by atoms with Crippen molar-refractivity contribution in [2.75, 3.05) is 0 Å². The van der Waals surface area contributed by atoms with Crippen LogP contribution < -0.4 is 5.32 Å². The third kappa shape index (κ3) is 2.95. The van der Waals surface area contributed by atoms with E-state index in [0.29, 0.717) is 18.7 Å². The maximum Gasteiger partial charge on any atom is 0.161 e. The molecule has 0 unspecified atom stereocenters. The zero-order valence-corrected chi connectivity index (χ0v) is 10.3. The Bertz CT molecular complexity index is 511. The van der Waals surface area contributed by atoms with Gasteiger partial charge in [-0.05, 0) is 13.0 Å². The maximum absolute atomic E-state index is 9.60.